The van der Waals surface area contributed by atoms with Gasteiger partial charge in [-0.3, -0.25) is 5.10 Å². The number of imidazole rings is 1. The van der Waals surface area contributed by atoms with Crippen LogP contribution in [0.3, 0.4) is 0 Å². The fourth-order valence-electron chi connectivity index (χ4n) is 3.24. The lowest BCUT2D eigenvalue weighted by atomic mass is 10.0. The van der Waals surface area contributed by atoms with Crippen LogP contribution in [0.1, 0.15) is 17.1 Å². The molecule has 1 N–H and O–H groups in total. The van der Waals surface area contributed by atoms with Crippen LogP contribution >= 0.6 is 0 Å². The highest BCUT2D eigenvalue weighted by molar-refractivity contribution is 5.77. The smallest absolute Gasteiger partial charge is 0.223 e. The van der Waals surface area contributed by atoms with Crippen molar-refractivity contribution < 1.29 is 9.26 Å². The van der Waals surface area contributed by atoms with Gasteiger partial charge in [0.2, 0.25) is 11.7 Å². The lowest BCUT2D eigenvalue weighted by Gasteiger charge is -2.11. The van der Waals surface area contributed by atoms with Crippen molar-refractivity contribution in [2.45, 2.75) is 13.3 Å². The number of methoxy groups -OCH3 is 1. The Labute approximate surface area is 142 Å². The molecule has 5 rings (SSSR count). The summed E-state index contributed by atoms with van der Waals surface area (Å²) in [6.07, 6.45) is 4.29. The number of aryl methyl sites for hydroxylation is 1. The van der Waals surface area contributed by atoms with Crippen LogP contribution in [0.15, 0.2) is 35.2 Å². The van der Waals surface area contributed by atoms with Gasteiger partial charge in [-0.2, -0.15) is 10.1 Å². The fourth-order valence-corrected chi connectivity index (χ4v) is 3.24. The lowest BCUT2D eigenvalue weighted by Crippen LogP contribution is -2.00. The van der Waals surface area contributed by atoms with Crippen LogP contribution in [0, 0.1) is 6.92 Å². The van der Waals surface area contributed by atoms with Gasteiger partial charge in [0.1, 0.15) is 17.8 Å². The predicted molar refractivity (Wildman–Crippen MR) is 88.5 cm³/mol. The molecule has 3 aromatic heterocycles. The van der Waals surface area contributed by atoms with Crippen molar-refractivity contribution in [3.63, 3.8) is 0 Å². The third-order valence-corrected chi connectivity index (χ3v) is 4.41. The monoisotopic (exact) mass is 334 g/mol. The zero-order chi connectivity index (χ0) is 17.0. The van der Waals surface area contributed by atoms with Crippen molar-refractivity contribution in [1.82, 2.24) is 29.9 Å². The maximum absolute atomic E-state index is 5.39. The number of nitrogens with one attached hydrogen (secondary N) is 1. The minimum atomic E-state index is 0.494. The molecule has 0 unspecified atom stereocenters. The second-order valence-electron chi connectivity index (χ2n) is 5.88. The van der Waals surface area contributed by atoms with Gasteiger partial charge >= 0.3 is 0 Å². The molecule has 1 aliphatic rings. The Morgan fingerprint density at radius 1 is 1.32 bits per heavy atom. The van der Waals surface area contributed by atoms with E-state index in [0.717, 1.165) is 34.0 Å². The Hall–Kier alpha value is -3.42. The largest absolute Gasteiger partial charge is 0.497 e. The number of benzene rings is 1. The van der Waals surface area contributed by atoms with Crippen molar-refractivity contribution in [1.29, 1.82) is 0 Å². The van der Waals surface area contributed by atoms with Gasteiger partial charge in [0.15, 0.2) is 0 Å². The molecular weight excluding hydrogens is 320 g/mol. The van der Waals surface area contributed by atoms with Gasteiger partial charge in [0.25, 0.3) is 0 Å². The minimum Gasteiger partial charge on any atom is -0.497 e. The van der Waals surface area contributed by atoms with Gasteiger partial charge < -0.3 is 13.8 Å². The summed E-state index contributed by atoms with van der Waals surface area (Å²) < 4.78 is 12.6. The average Bonchev–Trinajstić information content (AvgIpc) is 3.34. The van der Waals surface area contributed by atoms with Gasteiger partial charge in [-0.15, -0.1) is 0 Å². The number of ether oxygens (including phenoxy) is 1. The summed E-state index contributed by atoms with van der Waals surface area (Å²) >= 11 is 0. The molecule has 8 nitrogen and oxygen atoms in total. The zero-order valence-electron chi connectivity index (χ0n) is 13.6. The van der Waals surface area contributed by atoms with Crippen LogP contribution in [0.2, 0.25) is 0 Å². The van der Waals surface area contributed by atoms with Gasteiger partial charge in [0, 0.05) is 24.5 Å². The van der Waals surface area contributed by atoms with E-state index in [2.05, 4.69) is 29.9 Å². The van der Waals surface area contributed by atoms with E-state index in [4.69, 9.17) is 9.26 Å². The highest BCUT2D eigenvalue weighted by Crippen LogP contribution is 2.38. The first-order valence-electron chi connectivity index (χ1n) is 7.82. The van der Waals surface area contributed by atoms with Crippen LogP contribution in [0.4, 0.5) is 0 Å². The third kappa shape index (κ3) is 2.00. The summed E-state index contributed by atoms with van der Waals surface area (Å²) in [6.45, 7) is 1.76. The van der Waals surface area contributed by atoms with E-state index in [-0.39, 0.29) is 0 Å². The van der Waals surface area contributed by atoms with Crippen molar-refractivity contribution in [2.75, 3.05) is 7.11 Å². The number of nitrogens with zero attached hydrogens (tertiary/aromatic N) is 5. The molecule has 0 spiro atoms. The molecule has 1 aliphatic heterocycles. The molecule has 1 aromatic carbocycles. The first-order valence-corrected chi connectivity index (χ1v) is 7.82. The highest BCUT2D eigenvalue weighted by Gasteiger charge is 2.26. The van der Waals surface area contributed by atoms with Gasteiger partial charge in [-0.05, 0) is 18.2 Å². The Balaban J connectivity index is 1.79. The van der Waals surface area contributed by atoms with Crippen molar-refractivity contribution in [3.05, 3.63) is 47.9 Å². The van der Waals surface area contributed by atoms with Gasteiger partial charge in [0.05, 0.1) is 30.4 Å². The number of hydrogen-bond donors (Lipinski definition) is 1. The number of H-pyrrole nitrogens is 1. The van der Waals surface area contributed by atoms with Gasteiger partial charge in [-0.1, -0.05) is 5.16 Å². The molecule has 0 atom stereocenters. The molecule has 0 aliphatic carbocycles. The molecule has 4 heterocycles. The summed E-state index contributed by atoms with van der Waals surface area (Å²) in [5.74, 6) is 1.80. The summed E-state index contributed by atoms with van der Waals surface area (Å²) in [5.41, 5.74) is 5.78. The number of aromatic amines is 1. The normalized spacial score (nSPS) is 12.2. The van der Waals surface area contributed by atoms with Crippen molar-refractivity contribution in [2.24, 2.45) is 0 Å². The molecule has 8 heteroatoms. The maximum atomic E-state index is 5.39. The Morgan fingerprint density at radius 3 is 3.04 bits per heavy atom. The van der Waals surface area contributed by atoms with E-state index in [9.17, 15) is 0 Å². The summed E-state index contributed by atoms with van der Waals surface area (Å²) in [4.78, 5) is 8.86. The topological polar surface area (TPSA) is 94.7 Å². The van der Waals surface area contributed by atoms with Crippen molar-refractivity contribution in [3.8, 4) is 34.2 Å². The van der Waals surface area contributed by atoms with Crippen LogP contribution < -0.4 is 4.74 Å². The fraction of sp³-hybridized carbons (Fsp3) is 0.176. The number of aromatic nitrogens is 6. The first kappa shape index (κ1) is 14.0. The van der Waals surface area contributed by atoms with E-state index in [1.54, 1.807) is 20.4 Å². The molecule has 0 amide bonds. The predicted octanol–water partition coefficient (Wildman–Crippen LogP) is 2.53. The van der Waals surface area contributed by atoms with Crippen LogP contribution in [0.25, 0.3) is 28.5 Å². The SMILES string of the molecule is COc1ccc2c(c1)-c1[nH]ncc1Cc1c(-c3noc(C)n3)ncn1-2. The molecular formula is C17H14N6O2. The van der Waals surface area contributed by atoms with Crippen LogP contribution in [-0.2, 0) is 6.42 Å². The zero-order valence-corrected chi connectivity index (χ0v) is 13.6. The molecule has 25 heavy (non-hydrogen) atoms. The van der Waals surface area contributed by atoms with E-state index in [0.29, 0.717) is 23.8 Å². The quantitative estimate of drug-likeness (QED) is 0.533. The summed E-state index contributed by atoms with van der Waals surface area (Å²) in [5, 5.41) is 11.3. The molecule has 0 fully saturated rings. The number of hydrogen-bond acceptors (Lipinski definition) is 6. The second kappa shape index (κ2) is 5.04. The maximum Gasteiger partial charge on any atom is 0.223 e. The van der Waals surface area contributed by atoms with Crippen LogP contribution in [0.5, 0.6) is 5.75 Å². The molecule has 0 saturated heterocycles. The standard InChI is InChI=1S/C17H14N6O2/c1-9-20-17(22-25-9)16-14-5-10-7-19-21-15(10)12-6-11(24-2)3-4-13(12)23(14)8-18-16/h3-4,6-8H,5H2,1-2H3,(H,19,21). The van der Waals surface area contributed by atoms with Crippen LogP contribution in [-0.4, -0.2) is 37.0 Å². The van der Waals surface area contributed by atoms with E-state index in [1.807, 2.05) is 24.4 Å². The molecule has 0 bridgehead atoms. The molecule has 0 saturated carbocycles. The van der Waals surface area contributed by atoms with E-state index >= 15 is 0 Å². The van der Waals surface area contributed by atoms with Gasteiger partial charge in [-0.25, -0.2) is 4.98 Å². The molecule has 124 valence electrons. The highest BCUT2D eigenvalue weighted by atomic mass is 16.5. The summed E-state index contributed by atoms with van der Waals surface area (Å²) in [6, 6.07) is 5.95. The second-order valence-corrected chi connectivity index (χ2v) is 5.88. The molecule has 4 aromatic rings. The lowest BCUT2D eigenvalue weighted by molar-refractivity contribution is 0.394. The third-order valence-electron chi connectivity index (χ3n) is 4.41. The summed E-state index contributed by atoms with van der Waals surface area (Å²) in [7, 11) is 1.66. The Kier molecular flexibility index (Phi) is 2.81. The Bertz CT molecular complexity index is 1090. The number of rotatable bonds is 2. The van der Waals surface area contributed by atoms with E-state index in [1.165, 1.54) is 0 Å². The number of fused-ring (bicyclic) bond motifs is 5. The molecule has 0 radical (unpaired) electrons. The van der Waals surface area contributed by atoms with E-state index < -0.39 is 0 Å². The first-order chi connectivity index (χ1) is 12.2. The van der Waals surface area contributed by atoms with Crippen molar-refractivity contribution >= 4 is 0 Å². The Morgan fingerprint density at radius 2 is 2.24 bits per heavy atom. The average molecular weight is 334 g/mol. The minimum absolute atomic E-state index is 0.494.